The molecular weight excluding hydrogens is 210 g/mol. The van der Waals surface area contributed by atoms with Gasteiger partial charge >= 0.3 is 0 Å². The van der Waals surface area contributed by atoms with Gasteiger partial charge in [-0.05, 0) is 31.5 Å². The van der Waals surface area contributed by atoms with Crippen LogP contribution >= 0.6 is 0 Å². The van der Waals surface area contributed by atoms with Crippen LogP contribution in [-0.2, 0) is 0 Å². The van der Waals surface area contributed by atoms with Crippen LogP contribution in [0.25, 0.3) is 0 Å². The lowest BCUT2D eigenvalue weighted by Gasteiger charge is -2.11. The van der Waals surface area contributed by atoms with Crippen LogP contribution in [0.3, 0.4) is 0 Å². The van der Waals surface area contributed by atoms with E-state index in [4.69, 9.17) is 0 Å². The highest BCUT2D eigenvalue weighted by atomic mass is 16.1. The Morgan fingerprint density at radius 2 is 1.82 bits per heavy atom. The molecule has 1 atom stereocenters. The van der Waals surface area contributed by atoms with E-state index in [2.05, 4.69) is 4.98 Å². The van der Waals surface area contributed by atoms with Crippen molar-refractivity contribution in [3.8, 4) is 0 Å². The number of nitrogens with zero attached hydrogens (tertiary/aromatic N) is 1. The summed E-state index contributed by atoms with van der Waals surface area (Å²) in [4.78, 5) is 16.6. The molecule has 0 spiro atoms. The number of benzene rings is 1. The molecule has 0 bridgehead atoms. The predicted octanol–water partition coefficient (Wildman–Crippen LogP) is 3.38. The summed E-state index contributed by atoms with van der Waals surface area (Å²) in [6.07, 6.45) is 1.72. The molecule has 1 heterocycles. The number of hydrogen-bond donors (Lipinski definition) is 0. The molecule has 0 aliphatic carbocycles. The number of rotatable bonds is 3. The Morgan fingerprint density at radius 3 is 2.47 bits per heavy atom. The maximum atomic E-state index is 12.3. The zero-order chi connectivity index (χ0) is 12.3. The molecule has 2 rings (SSSR count). The predicted molar refractivity (Wildman–Crippen MR) is 68.2 cm³/mol. The van der Waals surface area contributed by atoms with Crippen LogP contribution in [0.2, 0.25) is 0 Å². The van der Waals surface area contributed by atoms with Gasteiger partial charge in [-0.15, -0.1) is 0 Å². The molecule has 1 unspecified atom stereocenters. The standard InChI is InChI=1S/C15H15NO/c1-11-7-3-4-8-13(11)15(17)12(2)14-9-5-6-10-16-14/h3-10,12H,1-2H3. The van der Waals surface area contributed by atoms with Gasteiger partial charge in [-0.1, -0.05) is 30.3 Å². The maximum absolute atomic E-state index is 12.3. The van der Waals surface area contributed by atoms with Gasteiger partial charge in [0, 0.05) is 11.8 Å². The first-order valence-corrected chi connectivity index (χ1v) is 5.71. The zero-order valence-electron chi connectivity index (χ0n) is 10.1. The smallest absolute Gasteiger partial charge is 0.171 e. The fourth-order valence-corrected chi connectivity index (χ4v) is 1.85. The Bertz CT molecular complexity index is 519. The molecule has 0 amide bonds. The number of ketones is 1. The second kappa shape index (κ2) is 4.91. The first-order chi connectivity index (χ1) is 8.20. The molecule has 2 nitrogen and oxygen atoms in total. The van der Waals surface area contributed by atoms with Crippen molar-refractivity contribution in [1.82, 2.24) is 4.98 Å². The van der Waals surface area contributed by atoms with Gasteiger partial charge in [-0.2, -0.15) is 0 Å². The number of aryl methyl sites for hydroxylation is 1. The van der Waals surface area contributed by atoms with E-state index in [0.717, 1.165) is 16.8 Å². The van der Waals surface area contributed by atoms with Gasteiger partial charge in [0.15, 0.2) is 5.78 Å². The third kappa shape index (κ3) is 2.41. The highest BCUT2D eigenvalue weighted by Gasteiger charge is 2.19. The van der Waals surface area contributed by atoms with Crippen LogP contribution in [-0.4, -0.2) is 10.8 Å². The minimum Gasteiger partial charge on any atom is -0.293 e. The second-order valence-electron chi connectivity index (χ2n) is 4.16. The normalized spacial score (nSPS) is 12.1. The monoisotopic (exact) mass is 225 g/mol. The molecule has 0 saturated heterocycles. The van der Waals surface area contributed by atoms with E-state index in [0.29, 0.717) is 0 Å². The van der Waals surface area contributed by atoms with Crippen molar-refractivity contribution < 1.29 is 4.79 Å². The highest BCUT2D eigenvalue weighted by molar-refractivity contribution is 6.01. The van der Waals surface area contributed by atoms with Crippen LogP contribution in [0.15, 0.2) is 48.7 Å². The largest absolute Gasteiger partial charge is 0.293 e. The van der Waals surface area contributed by atoms with Gasteiger partial charge in [-0.3, -0.25) is 9.78 Å². The average molecular weight is 225 g/mol. The summed E-state index contributed by atoms with van der Waals surface area (Å²) in [5.74, 6) is -0.0703. The molecule has 1 aromatic heterocycles. The molecule has 86 valence electrons. The van der Waals surface area contributed by atoms with Gasteiger partial charge in [0.1, 0.15) is 0 Å². The number of Topliss-reactive ketones (excluding diaryl/α,β-unsaturated/α-hetero) is 1. The number of carbonyl (C=O) groups excluding carboxylic acids is 1. The Kier molecular flexibility index (Phi) is 3.33. The molecule has 17 heavy (non-hydrogen) atoms. The van der Waals surface area contributed by atoms with Crippen LogP contribution in [0, 0.1) is 6.92 Å². The van der Waals surface area contributed by atoms with Gasteiger partial charge in [0.2, 0.25) is 0 Å². The molecule has 2 aromatic rings. The summed E-state index contributed by atoms with van der Waals surface area (Å²) in [6, 6.07) is 13.3. The van der Waals surface area contributed by atoms with Gasteiger partial charge in [-0.25, -0.2) is 0 Å². The molecule has 0 aliphatic heterocycles. The highest BCUT2D eigenvalue weighted by Crippen LogP contribution is 2.20. The topological polar surface area (TPSA) is 30.0 Å². The van der Waals surface area contributed by atoms with E-state index < -0.39 is 0 Å². The van der Waals surface area contributed by atoms with Gasteiger partial charge in [0.05, 0.1) is 11.6 Å². The Hall–Kier alpha value is -1.96. The molecule has 0 N–H and O–H groups in total. The molecule has 0 saturated carbocycles. The lowest BCUT2D eigenvalue weighted by atomic mass is 9.93. The summed E-state index contributed by atoms with van der Waals surface area (Å²) in [6.45, 7) is 3.86. The molecular formula is C15H15NO. The number of hydrogen-bond acceptors (Lipinski definition) is 2. The van der Waals surface area contributed by atoms with Crippen molar-refractivity contribution in [3.63, 3.8) is 0 Å². The Balaban J connectivity index is 2.30. The van der Waals surface area contributed by atoms with Crippen molar-refractivity contribution in [2.24, 2.45) is 0 Å². The third-order valence-corrected chi connectivity index (χ3v) is 2.94. The van der Waals surface area contributed by atoms with Gasteiger partial charge < -0.3 is 0 Å². The minimum atomic E-state index is -0.197. The molecule has 2 heteroatoms. The van der Waals surface area contributed by atoms with Crippen molar-refractivity contribution >= 4 is 5.78 Å². The summed E-state index contributed by atoms with van der Waals surface area (Å²) in [5.41, 5.74) is 2.62. The van der Waals surface area contributed by atoms with Crippen LogP contribution in [0.5, 0.6) is 0 Å². The number of aromatic nitrogens is 1. The van der Waals surface area contributed by atoms with E-state index in [1.165, 1.54) is 0 Å². The Labute approximate surface area is 101 Å². The lowest BCUT2D eigenvalue weighted by molar-refractivity contribution is 0.0964. The first kappa shape index (κ1) is 11.5. The Morgan fingerprint density at radius 1 is 1.12 bits per heavy atom. The fraction of sp³-hybridized carbons (Fsp3) is 0.200. The summed E-state index contributed by atoms with van der Waals surface area (Å²) < 4.78 is 0. The number of carbonyl (C=O) groups is 1. The minimum absolute atomic E-state index is 0.127. The third-order valence-electron chi connectivity index (χ3n) is 2.94. The number of pyridine rings is 1. The molecule has 1 aromatic carbocycles. The fourth-order valence-electron chi connectivity index (χ4n) is 1.85. The zero-order valence-corrected chi connectivity index (χ0v) is 10.1. The summed E-state index contributed by atoms with van der Waals surface area (Å²) in [7, 11) is 0. The first-order valence-electron chi connectivity index (χ1n) is 5.71. The second-order valence-corrected chi connectivity index (χ2v) is 4.16. The van der Waals surface area contributed by atoms with Crippen LogP contribution < -0.4 is 0 Å². The average Bonchev–Trinajstić information content (AvgIpc) is 2.39. The molecule has 0 aliphatic rings. The lowest BCUT2D eigenvalue weighted by Crippen LogP contribution is -2.12. The van der Waals surface area contributed by atoms with Crippen molar-refractivity contribution in [2.45, 2.75) is 19.8 Å². The van der Waals surface area contributed by atoms with Crippen molar-refractivity contribution in [1.29, 1.82) is 0 Å². The maximum Gasteiger partial charge on any atom is 0.171 e. The van der Waals surface area contributed by atoms with Crippen LogP contribution in [0.4, 0.5) is 0 Å². The van der Waals surface area contributed by atoms with Crippen LogP contribution in [0.1, 0.15) is 34.5 Å². The SMILES string of the molecule is Cc1ccccc1C(=O)C(C)c1ccccn1. The van der Waals surface area contributed by atoms with E-state index in [-0.39, 0.29) is 11.7 Å². The van der Waals surface area contributed by atoms with Gasteiger partial charge in [0.25, 0.3) is 0 Å². The van der Waals surface area contributed by atoms with E-state index in [1.54, 1.807) is 6.20 Å². The quantitative estimate of drug-likeness (QED) is 0.749. The summed E-state index contributed by atoms with van der Waals surface area (Å²) in [5, 5.41) is 0. The van der Waals surface area contributed by atoms with Crippen molar-refractivity contribution in [3.05, 3.63) is 65.5 Å². The molecule has 0 fully saturated rings. The van der Waals surface area contributed by atoms with E-state index in [1.807, 2.05) is 56.3 Å². The van der Waals surface area contributed by atoms with E-state index >= 15 is 0 Å². The summed E-state index contributed by atoms with van der Waals surface area (Å²) >= 11 is 0. The molecule has 0 radical (unpaired) electrons. The van der Waals surface area contributed by atoms with E-state index in [9.17, 15) is 4.79 Å². The van der Waals surface area contributed by atoms with Crippen molar-refractivity contribution in [2.75, 3.05) is 0 Å².